The number of benzene rings is 2. The van der Waals surface area contributed by atoms with E-state index in [4.69, 9.17) is 4.42 Å². The maximum absolute atomic E-state index is 5.99. The zero-order chi connectivity index (χ0) is 15.1. The summed E-state index contributed by atoms with van der Waals surface area (Å²) in [5.41, 5.74) is 5.78. The molecule has 2 aromatic carbocycles. The fourth-order valence-corrected chi connectivity index (χ4v) is 3.40. The quantitative estimate of drug-likeness (QED) is 0.717. The standard InChI is InChI=1S/C19H20N2O/c1-21(2)14-11-10-13-6-5-7-15(16(13)12-14)19-20-17-8-3-4-9-18(17)22-19/h3-9,14H,10-12H2,1-2H3. The highest BCUT2D eigenvalue weighted by Crippen LogP contribution is 2.33. The van der Waals surface area contributed by atoms with E-state index < -0.39 is 0 Å². The largest absolute Gasteiger partial charge is 0.436 e. The second-order valence-electron chi connectivity index (χ2n) is 6.29. The van der Waals surface area contributed by atoms with Gasteiger partial charge in [-0.2, -0.15) is 0 Å². The van der Waals surface area contributed by atoms with Gasteiger partial charge in [-0.1, -0.05) is 24.3 Å². The summed E-state index contributed by atoms with van der Waals surface area (Å²) in [5.74, 6) is 0.748. The van der Waals surface area contributed by atoms with E-state index in [0.717, 1.165) is 35.4 Å². The first-order valence-corrected chi connectivity index (χ1v) is 7.85. The summed E-state index contributed by atoms with van der Waals surface area (Å²) in [6, 6.07) is 15.1. The monoisotopic (exact) mass is 292 g/mol. The van der Waals surface area contributed by atoms with Crippen molar-refractivity contribution in [1.29, 1.82) is 0 Å². The normalized spacial score (nSPS) is 17.9. The van der Waals surface area contributed by atoms with Crippen molar-refractivity contribution in [3.8, 4) is 11.5 Å². The van der Waals surface area contributed by atoms with Gasteiger partial charge in [0.1, 0.15) is 5.52 Å². The number of nitrogens with zero attached hydrogens (tertiary/aromatic N) is 2. The average molecular weight is 292 g/mol. The molecule has 3 aromatic rings. The number of rotatable bonds is 2. The summed E-state index contributed by atoms with van der Waals surface area (Å²) in [5, 5.41) is 0. The van der Waals surface area contributed by atoms with Crippen LogP contribution in [-0.4, -0.2) is 30.0 Å². The van der Waals surface area contributed by atoms with Crippen LogP contribution in [0.2, 0.25) is 0 Å². The Kier molecular flexibility index (Phi) is 3.23. The number of likely N-dealkylation sites (N-methyl/N-ethyl adjacent to an activating group) is 1. The smallest absolute Gasteiger partial charge is 0.227 e. The van der Waals surface area contributed by atoms with Gasteiger partial charge in [0.15, 0.2) is 5.58 Å². The predicted octanol–water partition coefficient (Wildman–Crippen LogP) is 3.91. The number of hydrogen-bond acceptors (Lipinski definition) is 3. The summed E-state index contributed by atoms with van der Waals surface area (Å²) in [6.07, 6.45) is 3.42. The first-order valence-electron chi connectivity index (χ1n) is 7.85. The lowest BCUT2D eigenvalue weighted by Crippen LogP contribution is -2.33. The molecule has 0 bridgehead atoms. The van der Waals surface area contributed by atoms with Crippen molar-refractivity contribution in [3.63, 3.8) is 0 Å². The van der Waals surface area contributed by atoms with Crippen molar-refractivity contribution < 1.29 is 4.42 Å². The summed E-state index contributed by atoms with van der Waals surface area (Å²) in [7, 11) is 4.33. The lowest BCUT2D eigenvalue weighted by atomic mass is 9.85. The van der Waals surface area contributed by atoms with Gasteiger partial charge in [-0.25, -0.2) is 4.98 Å². The molecule has 4 rings (SSSR count). The van der Waals surface area contributed by atoms with Gasteiger partial charge in [-0.3, -0.25) is 0 Å². The fourth-order valence-electron chi connectivity index (χ4n) is 3.40. The number of aryl methyl sites for hydroxylation is 1. The van der Waals surface area contributed by atoms with Gasteiger partial charge in [0.2, 0.25) is 5.89 Å². The van der Waals surface area contributed by atoms with E-state index >= 15 is 0 Å². The number of para-hydroxylation sites is 2. The van der Waals surface area contributed by atoms with Crippen LogP contribution in [0.25, 0.3) is 22.6 Å². The third kappa shape index (κ3) is 2.22. The van der Waals surface area contributed by atoms with Crippen LogP contribution in [0.5, 0.6) is 0 Å². The minimum Gasteiger partial charge on any atom is -0.436 e. The highest BCUT2D eigenvalue weighted by atomic mass is 16.3. The first kappa shape index (κ1) is 13.5. The third-order valence-electron chi connectivity index (χ3n) is 4.71. The van der Waals surface area contributed by atoms with Crippen LogP contribution in [-0.2, 0) is 12.8 Å². The van der Waals surface area contributed by atoms with Crippen LogP contribution in [0.4, 0.5) is 0 Å². The molecule has 1 aliphatic rings. The number of hydrogen-bond donors (Lipinski definition) is 0. The van der Waals surface area contributed by atoms with Crippen molar-refractivity contribution in [2.24, 2.45) is 0 Å². The van der Waals surface area contributed by atoms with Gasteiger partial charge in [-0.05, 0) is 62.7 Å². The Morgan fingerprint density at radius 1 is 1.09 bits per heavy atom. The minimum atomic E-state index is 0.595. The van der Waals surface area contributed by atoms with Crippen molar-refractivity contribution in [1.82, 2.24) is 9.88 Å². The number of oxazole rings is 1. The van der Waals surface area contributed by atoms with Crippen molar-refractivity contribution in [2.45, 2.75) is 25.3 Å². The molecule has 1 atom stereocenters. The van der Waals surface area contributed by atoms with Gasteiger partial charge >= 0.3 is 0 Å². The van der Waals surface area contributed by atoms with E-state index in [9.17, 15) is 0 Å². The Hall–Kier alpha value is -2.13. The first-order chi connectivity index (χ1) is 10.7. The molecule has 0 saturated carbocycles. The molecular formula is C19H20N2O. The topological polar surface area (TPSA) is 29.3 Å². The zero-order valence-corrected chi connectivity index (χ0v) is 13.0. The molecule has 0 amide bonds. The molecule has 1 unspecified atom stereocenters. The fraction of sp³-hybridized carbons (Fsp3) is 0.316. The highest BCUT2D eigenvalue weighted by molar-refractivity contribution is 5.77. The maximum atomic E-state index is 5.99. The second-order valence-corrected chi connectivity index (χ2v) is 6.29. The van der Waals surface area contributed by atoms with Gasteiger partial charge in [0, 0.05) is 11.6 Å². The molecule has 0 saturated heterocycles. The lowest BCUT2D eigenvalue weighted by molar-refractivity contribution is 0.268. The number of fused-ring (bicyclic) bond motifs is 2. The zero-order valence-electron chi connectivity index (χ0n) is 13.0. The second kappa shape index (κ2) is 5.25. The third-order valence-corrected chi connectivity index (χ3v) is 4.71. The number of aromatic nitrogens is 1. The van der Waals surface area contributed by atoms with Crippen LogP contribution in [0, 0.1) is 0 Å². The van der Waals surface area contributed by atoms with E-state index in [2.05, 4.69) is 42.2 Å². The van der Waals surface area contributed by atoms with E-state index in [1.165, 1.54) is 17.5 Å². The molecule has 112 valence electrons. The van der Waals surface area contributed by atoms with Crippen molar-refractivity contribution in [3.05, 3.63) is 53.6 Å². The van der Waals surface area contributed by atoms with Gasteiger partial charge < -0.3 is 9.32 Å². The molecule has 1 heterocycles. The molecule has 0 aliphatic heterocycles. The van der Waals surface area contributed by atoms with Crippen LogP contribution in [0.1, 0.15) is 17.5 Å². The predicted molar refractivity (Wildman–Crippen MR) is 88.9 cm³/mol. The molecule has 0 fully saturated rings. The van der Waals surface area contributed by atoms with Gasteiger partial charge in [0.25, 0.3) is 0 Å². The van der Waals surface area contributed by atoms with Crippen molar-refractivity contribution in [2.75, 3.05) is 14.1 Å². The molecule has 22 heavy (non-hydrogen) atoms. The van der Waals surface area contributed by atoms with Crippen LogP contribution in [0.15, 0.2) is 46.9 Å². The van der Waals surface area contributed by atoms with E-state index in [1.807, 2.05) is 24.3 Å². The summed E-state index contributed by atoms with van der Waals surface area (Å²) < 4.78 is 5.99. The lowest BCUT2D eigenvalue weighted by Gasteiger charge is -2.30. The molecule has 3 nitrogen and oxygen atoms in total. The Bertz CT molecular complexity index is 786. The van der Waals surface area contributed by atoms with Gasteiger partial charge in [0.05, 0.1) is 0 Å². The molecule has 3 heteroatoms. The van der Waals surface area contributed by atoms with Crippen LogP contribution < -0.4 is 0 Å². The average Bonchev–Trinajstić information content (AvgIpc) is 2.97. The van der Waals surface area contributed by atoms with E-state index in [-0.39, 0.29) is 0 Å². The minimum absolute atomic E-state index is 0.595. The molecule has 1 aromatic heterocycles. The molecular weight excluding hydrogens is 272 g/mol. The highest BCUT2D eigenvalue weighted by Gasteiger charge is 2.24. The maximum Gasteiger partial charge on any atom is 0.227 e. The molecule has 0 radical (unpaired) electrons. The SMILES string of the molecule is CN(C)C1CCc2cccc(-c3nc4ccccc4o3)c2C1. The summed E-state index contributed by atoms with van der Waals surface area (Å²) in [4.78, 5) is 7.01. The Morgan fingerprint density at radius 3 is 2.77 bits per heavy atom. The van der Waals surface area contributed by atoms with Crippen LogP contribution in [0.3, 0.4) is 0 Å². The Labute approximate surface area is 130 Å². The summed E-state index contributed by atoms with van der Waals surface area (Å²) in [6.45, 7) is 0. The summed E-state index contributed by atoms with van der Waals surface area (Å²) >= 11 is 0. The van der Waals surface area contributed by atoms with E-state index in [1.54, 1.807) is 0 Å². The molecule has 0 N–H and O–H groups in total. The van der Waals surface area contributed by atoms with Crippen LogP contribution >= 0.6 is 0 Å². The molecule has 1 aliphatic carbocycles. The van der Waals surface area contributed by atoms with E-state index in [0.29, 0.717) is 6.04 Å². The Morgan fingerprint density at radius 2 is 1.95 bits per heavy atom. The van der Waals surface area contributed by atoms with Crippen molar-refractivity contribution >= 4 is 11.1 Å². The van der Waals surface area contributed by atoms with Gasteiger partial charge in [-0.15, -0.1) is 0 Å². The molecule has 0 spiro atoms. The Balaban J connectivity index is 1.82.